The Morgan fingerprint density at radius 1 is 1.58 bits per heavy atom. The number of carbonyl (C=O) groups is 1. The average Bonchev–Trinajstić information content (AvgIpc) is 2.88. The second kappa shape index (κ2) is 8.87. The van der Waals surface area contributed by atoms with Gasteiger partial charge in [0.25, 0.3) is 0 Å². The van der Waals surface area contributed by atoms with Gasteiger partial charge in [0.1, 0.15) is 11.9 Å². The Hall–Kier alpha value is -1.14. The first-order valence-electron chi connectivity index (χ1n) is 6.38. The van der Waals surface area contributed by atoms with Gasteiger partial charge in [-0.2, -0.15) is 11.8 Å². The molecule has 0 aliphatic carbocycles. The van der Waals surface area contributed by atoms with Gasteiger partial charge in [0.05, 0.1) is 6.26 Å². The Morgan fingerprint density at radius 2 is 2.37 bits per heavy atom. The third kappa shape index (κ3) is 6.54. The number of carbonyl (C=O) groups excluding carboxylic acids is 1. The molecule has 108 valence electrons. The molecule has 0 aromatic carbocycles. The lowest BCUT2D eigenvalue weighted by molar-refractivity contribution is 0.129. The van der Waals surface area contributed by atoms with Gasteiger partial charge in [0.2, 0.25) is 0 Å². The van der Waals surface area contributed by atoms with Gasteiger partial charge < -0.3 is 20.2 Å². The van der Waals surface area contributed by atoms with E-state index < -0.39 is 6.10 Å². The van der Waals surface area contributed by atoms with Crippen LogP contribution in [0.3, 0.4) is 0 Å². The molecule has 3 N–H and O–H groups in total. The van der Waals surface area contributed by atoms with E-state index in [1.54, 1.807) is 23.9 Å². The summed E-state index contributed by atoms with van der Waals surface area (Å²) in [6, 6.07) is 3.13. The summed E-state index contributed by atoms with van der Waals surface area (Å²) in [5.74, 6) is 1.56. The summed E-state index contributed by atoms with van der Waals surface area (Å²) in [5, 5.41) is 15.4. The molecule has 0 spiro atoms. The summed E-state index contributed by atoms with van der Waals surface area (Å²) in [4.78, 5) is 11.6. The number of aliphatic hydroxyl groups excluding tert-OH is 1. The molecular weight excluding hydrogens is 264 g/mol. The molecule has 1 aromatic heterocycles. The zero-order chi connectivity index (χ0) is 14.1. The standard InChI is InChI=1S/C13H22N2O3S/c1-10(9-11(16)12-5-3-7-18-12)15-13(17)14-6-4-8-19-2/h3,5,7,10-11,16H,4,6,8-9H2,1-2H3,(H2,14,15,17). The van der Waals surface area contributed by atoms with Gasteiger partial charge in [-0.05, 0) is 37.5 Å². The van der Waals surface area contributed by atoms with E-state index in [9.17, 15) is 9.90 Å². The van der Waals surface area contributed by atoms with Gasteiger partial charge in [-0.25, -0.2) is 4.79 Å². The zero-order valence-electron chi connectivity index (χ0n) is 11.4. The fourth-order valence-electron chi connectivity index (χ4n) is 1.68. The fourth-order valence-corrected chi connectivity index (χ4v) is 2.12. The third-order valence-electron chi connectivity index (χ3n) is 2.64. The molecule has 5 nitrogen and oxygen atoms in total. The first kappa shape index (κ1) is 15.9. The molecule has 6 heteroatoms. The number of amides is 2. The van der Waals surface area contributed by atoms with Crippen molar-refractivity contribution in [3.63, 3.8) is 0 Å². The molecule has 1 heterocycles. The molecule has 0 saturated heterocycles. The van der Waals surface area contributed by atoms with Crippen LogP contribution in [-0.2, 0) is 0 Å². The smallest absolute Gasteiger partial charge is 0.314 e. The van der Waals surface area contributed by atoms with Gasteiger partial charge in [-0.15, -0.1) is 0 Å². The van der Waals surface area contributed by atoms with Crippen LogP contribution in [0.25, 0.3) is 0 Å². The van der Waals surface area contributed by atoms with Crippen molar-refractivity contribution in [2.24, 2.45) is 0 Å². The van der Waals surface area contributed by atoms with E-state index >= 15 is 0 Å². The van der Waals surface area contributed by atoms with Gasteiger partial charge in [0.15, 0.2) is 0 Å². The number of urea groups is 1. The maximum Gasteiger partial charge on any atom is 0.314 e. The molecule has 0 aliphatic heterocycles. The maximum absolute atomic E-state index is 11.6. The predicted octanol–water partition coefficient (Wildman–Crippen LogP) is 2.14. The van der Waals surface area contributed by atoms with Crippen LogP contribution in [0.15, 0.2) is 22.8 Å². The lowest BCUT2D eigenvalue weighted by atomic mass is 10.1. The summed E-state index contributed by atoms with van der Waals surface area (Å²) >= 11 is 1.76. The second-order valence-electron chi connectivity index (χ2n) is 4.41. The quantitative estimate of drug-likeness (QED) is 0.640. The van der Waals surface area contributed by atoms with E-state index in [-0.39, 0.29) is 12.1 Å². The number of nitrogens with one attached hydrogen (secondary N) is 2. The van der Waals surface area contributed by atoms with Gasteiger partial charge in [0, 0.05) is 19.0 Å². The van der Waals surface area contributed by atoms with E-state index in [0.717, 1.165) is 12.2 Å². The molecule has 0 fully saturated rings. The van der Waals surface area contributed by atoms with E-state index in [4.69, 9.17) is 4.42 Å². The van der Waals surface area contributed by atoms with Crippen molar-refractivity contribution < 1.29 is 14.3 Å². The zero-order valence-corrected chi connectivity index (χ0v) is 12.2. The van der Waals surface area contributed by atoms with Crippen LogP contribution in [0.4, 0.5) is 4.79 Å². The van der Waals surface area contributed by atoms with Crippen molar-refractivity contribution in [1.29, 1.82) is 0 Å². The van der Waals surface area contributed by atoms with Crippen molar-refractivity contribution in [1.82, 2.24) is 10.6 Å². The van der Waals surface area contributed by atoms with Crippen LogP contribution >= 0.6 is 11.8 Å². The summed E-state index contributed by atoms with van der Waals surface area (Å²) < 4.78 is 5.11. The van der Waals surface area contributed by atoms with Gasteiger partial charge in [-0.1, -0.05) is 0 Å². The number of rotatable bonds is 8. The first-order valence-corrected chi connectivity index (χ1v) is 7.77. The highest BCUT2D eigenvalue weighted by Crippen LogP contribution is 2.18. The average molecular weight is 286 g/mol. The van der Waals surface area contributed by atoms with Crippen molar-refractivity contribution in [2.45, 2.75) is 31.9 Å². The van der Waals surface area contributed by atoms with Crippen LogP contribution < -0.4 is 10.6 Å². The molecule has 19 heavy (non-hydrogen) atoms. The minimum Gasteiger partial charge on any atom is -0.467 e. The molecule has 2 unspecified atom stereocenters. The van der Waals surface area contributed by atoms with E-state index in [0.29, 0.717) is 18.7 Å². The third-order valence-corrected chi connectivity index (χ3v) is 3.33. The predicted molar refractivity (Wildman–Crippen MR) is 77.3 cm³/mol. The molecule has 2 amide bonds. The number of furan rings is 1. The van der Waals surface area contributed by atoms with Crippen molar-refractivity contribution in [3.05, 3.63) is 24.2 Å². The molecule has 0 radical (unpaired) electrons. The van der Waals surface area contributed by atoms with Crippen LogP contribution in [0.2, 0.25) is 0 Å². The number of thioether (sulfide) groups is 1. The Balaban J connectivity index is 2.19. The lowest BCUT2D eigenvalue weighted by Gasteiger charge is -2.17. The van der Waals surface area contributed by atoms with Crippen molar-refractivity contribution in [2.75, 3.05) is 18.6 Å². The van der Waals surface area contributed by atoms with Crippen LogP contribution in [0, 0.1) is 0 Å². The summed E-state index contributed by atoms with van der Waals surface area (Å²) in [7, 11) is 0. The molecule has 1 rings (SSSR count). The normalized spacial score (nSPS) is 13.8. The van der Waals surface area contributed by atoms with Crippen molar-refractivity contribution >= 4 is 17.8 Å². The number of hydrogen-bond donors (Lipinski definition) is 3. The second-order valence-corrected chi connectivity index (χ2v) is 5.40. The van der Waals surface area contributed by atoms with Gasteiger partial charge in [-0.3, -0.25) is 0 Å². The molecule has 2 atom stereocenters. The molecule has 1 aromatic rings. The van der Waals surface area contributed by atoms with Crippen LogP contribution in [-0.4, -0.2) is 35.7 Å². The largest absolute Gasteiger partial charge is 0.467 e. The van der Waals surface area contributed by atoms with Crippen LogP contribution in [0.1, 0.15) is 31.6 Å². The molecule has 0 aliphatic rings. The van der Waals surface area contributed by atoms with E-state index in [1.165, 1.54) is 6.26 Å². The molecular formula is C13H22N2O3S. The maximum atomic E-state index is 11.6. The monoisotopic (exact) mass is 286 g/mol. The van der Waals surface area contributed by atoms with Gasteiger partial charge >= 0.3 is 6.03 Å². The van der Waals surface area contributed by atoms with Crippen LogP contribution in [0.5, 0.6) is 0 Å². The topological polar surface area (TPSA) is 74.5 Å². The highest BCUT2D eigenvalue weighted by molar-refractivity contribution is 7.98. The Labute approximate surface area is 118 Å². The molecule has 0 saturated carbocycles. The first-order chi connectivity index (χ1) is 9.13. The highest BCUT2D eigenvalue weighted by atomic mass is 32.2. The summed E-state index contributed by atoms with van der Waals surface area (Å²) in [5.41, 5.74) is 0. The lowest BCUT2D eigenvalue weighted by Crippen LogP contribution is -2.41. The van der Waals surface area contributed by atoms with E-state index in [2.05, 4.69) is 10.6 Å². The summed E-state index contributed by atoms with van der Waals surface area (Å²) in [6.07, 6.45) is 4.25. The Bertz CT molecular complexity index is 357. The molecule has 0 bridgehead atoms. The van der Waals surface area contributed by atoms with Crippen molar-refractivity contribution in [3.8, 4) is 0 Å². The Morgan fingerprint density at radius 3 is 3.00 bits per heavy atom. The fraction of sp³-hybridized carbons (Fsp3) is 0.615. The summed E-state index contributed by atoms with van der Waals surface area (Å²) in [6.45, 7) is 2.52. The number of aliphatic hydroxyl groups is 1. The Kier molecular flexibility index (Phi) is 7.43. The minimum atomic E-state index is -0.693. The highest BCUT2D eigenvalue weighted by Gasteiger charge is 2.15. The SMILES string of the molecule is CSCCCNC(=O)NC(C)CC(O)c1ccco1. The minimum absolute atomic E-state index is 0.124. The van der Waals surface area contributed by atoms with E-state index in [1.807, 2.05) is 13.2 Å². The number of hydrogen-bond acceptors (Lipinski definition) is 4.